The van der Waals surface area contributed by atoms with Crippen molar-refractivity contribution in [3.05, 3.63) is 24.0 Å². The highest BCUT2D eigenvalue weighted by molar-refractivity contribution is 5.50. The van der Waals surface area contributed by atoms with Gasteiger partial charge >= 0.3 is 0 Å². The number of hydrogen-bond donors (Lipinski definition) is 1. The van der Waals surface area contributed by atoms with Crippen molar-refractivity contribution < 1.29 is 0 Å². The molecule has 0 aliphatic carbocycles. The van der Waals surface area contributed by atoms with Crippen LogP contribution in [0.2, 0.25) is 0 Å². The molecule has 2 N–H and O–H groups in total. The van der Waals surface area contributed by atoms with Gasteiger partial charge in [0.25, 0.3) is 0 Å². The average Bonchev–Trinajstić information content (AvgIpc) is 2.40. The van der Waals surface area contributed by atoms with E-state index in [-0.39, 0.29) is 0 Å². The summed E-state index contributed by atoms with van der Waals surface area (Å²) >= 11 is 0. The van der Waals surface area contributed by atoms with E-state index in [0.29, 0.717) is 5.82 Å². The SMILES string of the molecule is CCc1c(N)nc2cccnn12. The van der Waals surface area contributed by atoms with Crippen molar-refractivity contribution in [3.63, 3.8) is 0 Å². The molecule has 0 aliphatic heterocycles. The molecule has 0 bridgehead atoms. The predicted molar refractivity (Wildman–Crippen MR) is 46.8 cm³/mol. The van der Waals surface area contributed by atoms with E-state index in [4.69, 9.17) is 5.73 Å². The fourth-order valence-corrected chi connectivity index (χ4v) is 1.28. The Morgan fingerprint density at radius 3 is 3.17 bits per heavy atom. The lowest BCUT2D eigenvalue weighted by Gasteiger charge is -1.94. The highest BCUT2D eigenvalue weighted by atomic mass is 15.3. The van der Waals surface area contributed by atoms with E-state index in [9.17, 15) is 0 Å². The van der Waals surface area contributed by atoms with Crippen molar-refractivity contribution in [1.29, 1.82) is 0 Å². The highest BCUT2D eigenvalue weighted by Gasteiger charge is 2.06. The van der Waals surface area contributed by atoms with Gasteiger partial charge in [0.2, 0.25) is 0 Å². The Hall–Kier alpha value is -1.58. The largest absolute Gasteiger partial charge is 0.382 e. The first-order valence-electron chi connectivity index (χ1n) is 3.91. The molecule has 2 aromatic heterocycles. The summed E-state index contributed by atoms with van der Waals surface area (Å²) in [5, 5.41) is 4.15. The lowest BCUT2D eigenvalue weighted by Crippen LogP contribution is -1.97. The van der Waals surface area contributed by atoms with E-state index in [1.165, 1.54) is 0 Å². The van der Waals surface area contributed by atoms with Crippen molar-refractivity contribution in [2.45, 2.75) is 13.3 Å². The van der Waals surface area contributed by atoms with Crippen LogP contribution in [0.1, 0.15) is 12.6 Å². The fourth-order valence-electron chi connectivity index (χ4n) is 1.28. The van der Waals surface area contributed by atoms with Crippen LogP contribution in [0.15, 0.2) is 18.3 Å². The van der Waals surface area contributed by atoms with E-state index >= 15 is 0 Å². The van der Waals surface area contributed by atoms with Gasteiger partial charge in [0, 0.05) is 6.20 Å². The number of aromatic nitrogens is 3. The first kappa shape index (κ1) is 7.09. The number of nitrogens with zero attached hydrogens (tertiary/aromatic N) is 3. The molecule has 0 saturated carbocycles. The molecule has 0 aliphatic rings. The molecule has 0 aromatic carbocycles. The van der Waals surface area contributed by atoms with E-state index < -0.39 is 0 Å². The lowest BCUT2D eigenvalue weighted by molar-refractivity contribution is 0.861. The number of anilines is 1. The van der Waals surface area contributed by atoms with Gasteiger partial charge < -0.3 is 5.73 Å². The quantitative estimate of drug-likeness (QED) is 0.677. The molecular formula is C8H10N4. The molecule has 2 heterocycles. The van der Waals surface area contributed by atoms with Crippen molar-refractivity contribution >= 4 is 11.5 Å². The number of fused-ring (bicyclic) bond motifs is 1. The summed E-state index contributed by atoms with van der Waals surface area (Å²) in [7, 11) is 0. The maximum absolute atomic E-state index is 5.69. The van der Waals surface area contributed by atoms with Gasteiger partial charge in [-0.1, -0.05) is 6.92 Å². The van der Waals surface area contributed by atoms with Crippen molar-refractivity contribution in [2.75, 3.05) is 5.73 Å². The molecule has 12 heavy (non-hydrogen) atoms. The molecule has 0 unspecified atom stereocenters. The van der Waals surface area contributed by atoms with E-state index in [0.717, 1.165) is 17.8 Å². The summed E-state index contributed by atoms with van der Waals surface area (Å²) < 4.78 is 1.77. The first-order valence-corrected chi connectivity index (χ1v) is 3.91. The Morgan fingerprint density at radius 2 is 2.42 bits per heavy atom. The standard InChI is InChI=1S/C8H10N4/c1-2-6-8(9)11-7-4-3-5-10-12(6)7/h3-5H,2,9H2,1H3. The van der Waals surface area contributed by atoms with Crippen LogP contribution < -0.4 is 5.73 Å². The number of nitrogens with two attached hydrogens (primary N) is 1. The highest BCUT2D eigenvalue weighted by Crippen LogP contribution is 2.12. The zero-order valence-corrected chi connectivity index (χ0v) is 6.86. The van der Waals surface area contributed by atoms with Crippen molar-refractivity contribution in [1.82, 2.24) is 14.6 Å². The maximum atomic E-state index is 5.69. The molecule has 4 heteroatoms. The number of rotatable bonds is 1. The van der Waals surface area contributed by atoms with Gasteiger partial charge in [0.15, 0.2) is 5.65 Å². The molecular weight excluding hydrogens is 152 g/mol. The van der Waals surface area contributed by atoms with Crippen LogP contribution in [-0.4, -0.2) is 14.6 Å². The summed E-state index contributed by atoms with van der Waals surface area (Å²) in [6, 6.07) is 3.74. The second kappa shape index (κ2) is 2.48. The number of hydrogen-bond acceptors (Lipinski definition) is 3. The second-order valence-electron chi connectivity index (χ2n) is 2.59. The smallest absolute Gasteiger partial charge is 0.156 e. The Kier molecular flexibility index (Phi) is 1.46. The molecule has 2 rings (SSSR count). The topological polar surface area (TPSA) is 56.2 Å². The normalized spacial score (nSPS) is 10.8. The second-order valence-corrected chi connectivity index (χ2v) is 2.59. The summed E-state index contributed by atoms with van der Waals surface area (Å²) in [6.07, 6.45) is 2.58. The van der Waals surface area contributed by atoms with Crippen LogP contribution >= 0.6 is 0 Å². The maximum Gasteiger partial charge on any atom is 0.156 e. The van der Waals surface area contributed by atoms with Crippen LogP contribution in [0.5, 0.6) is 0 Å². The van der Waals surface area contributed by atoms with Crippen LogP contribution in [0, 0.1) is 0 Å². The summed E-state index contributed by atoms with van der Waals surface area (Å²) in [6.45, 7) is 2.04. The summed E-state index contributed by atoms with van der Waals surface area (Å²) in [5.74, 6) is 0.580. The molecule has 62 valence electrons. The summed E-state index contributed by atoms with van der Waals surface area (Å²) in [4.78, 5) is 4.16. The van der Waals surface area contributed by atoms with E-state index in [2.05, 4.69) is 10.1 Å². The molecule has 0 radical (unpaired) electrons. The fraction of sp³-hybridized carbons (Fsp3) is 0.250. The zero-order chi connectivity index (χ0) is 8.55. The third-order valence-corrected chi connectivity index (χ3v) is 1.85. The third kappa shape index (κ3) is 0.845. The molecule has 2 aromatic rings. The average molecular weight is 162 g/mol. The minimum Gasteiger partial charge on any atom is -0.382 e. The Labute approximate surface area is 70.0 Å². The van der Waals surface area contributed by atoms with Crippen LogP contribution in [-0.2, 0) is 6.42 Å². The molecule has 0 atom stereocenters. The number of nitrogen functional groups attached to an aromatic ring is 1. The minimum atomic E-state index is 0.580. The first-order chi connectivity index (χ1) is 5.83. The van der Waals surface area contributed by atoms with Gasteiger partial charge in [0.05, 0.1) is 5.69 Å². The number of aryl methyl sites for hydroxylation is 1. The summed E-state index contributed by atoms with van der Waals surface area (Å²) in [5.41, 5.74) is 7.48. The van der Waals surface area contributed by atoms with Gasteiger partial charge in [-0.3, -0.25) is 0 Å². The minimum absolute atomic E-state index is 0.580. The van der Waals surface area contributed by atoms with Crippen molar-refractivity contribution in [2.24, 2.45) is 0 Å². The van der Waals surface area contributed by atoms with Gasteiger partial charge in [-0.2, -0.15) is 5.10 Å². The lowest BCUT2D eigenvalue weighted by atomic mass is 10.3. The third-order valence-electron chi connectivity index (χ3n) is 1.85. The van der Waals surface area contributed by atoms with Gasteiger partial charge in [-0.25, -0.2) is 9.50 Å². The number of imidazole rings is 1. The van der Waals surface area contributed by atoms with E-state index in [1.54, 1.807) is 10.7 Å². The molecule has 0 spiro atoms. The van der Waals surface area contributed by atoms with Crippen molar-refractivity contribution in [3.8, 4) is 0 Å². The molecule has 4 nitrogen and oxygen atoms in total. The predicted octanol–water partition coefficient (Wildman–Crippen LogP) is 0.874. The van der Waals surface area contributed by atoms with E-state index in [1.807, 2.05) is 19.1 Å². The molecule has 0 amide bonds. The van der Waals surface area contributed by atoms with Gasteiger partial charge in [0.1, 0.15) is 5.82 Å². The van der Waals surface area contributed by atoms with Crippen LogP contribution in [0.4, 0.5) is 5.82 Å². The van der Waals surface area contributed by atoms with Crippen LogP contribution in [0.3, 0.4) is 0 Å². The Morgan fingerprint density at radius 1 is 1.58 bits per heavy atom. The Balaban J connectivity index is 2.81. The molecule has 0 fully saturated rings. The molecule has 0 saturated heterocycles. The Bertz CT molecular complexity index is 404. The van der Waals surface area contributed by atoms with Crippen LogP contribution in [0.25, 0.3) is 5.65 Å². The zero-order valence-electron chi connectivity index (χ0n) is 6.86. The monoisotopic (exact) mass is 162 g/mol. The van der Waals surface area contributed by atoms with Gasteiger partial charge in [-0.05, 0) is 18.6 Å². The van der Waals surface area contributed by atoms with Gasteiger partial charge in [-0.15, -0.1) is 0 Å².